The van der Waals surface area contributed by atoms with Crippen LogP contribution in [0.1, 0.15) is 54.1 Å². The second-order valence-electron chi connectivity index (χ2n) is 10.8. The maximum atomic E-state index is 13.2. The number of carbonyl (C=O) groups excluding carboxylic acids is 2. The number of carbonyl (C=O) groups is 2. The van der Waals surface area contributed by atoms with E-state index in [1.807, 2.05) is 19.1 Å². The molecule has 2 fully saturated rings. The minimum Gasteiger partial charge on any atom is -0.454 e. The minimum atomic E-state index is -4.58. The first-order valence-corrected chi connectivity index (χ1v) is 13.8. The topological polar surface area (TPSA) is 118 Å². The summed E-state index contributed by atoms with van der Waals surface area (Å²) < 4.78 is 56.0. The molecule has 4 N–H and O–H groups in total. The molecule has 41 heavy (non-hydrogen) atoms. The molecule has 12 heteroatoms. The smallest absolute Gasteiger partial charge is 0.416 e. The second kappa shape index (κ2) is 11.5. The van der Waals surface area contributed by atoms with E-state index >= 15 is 0 Å². The van der Waals surface area contributed by atoms with Gasteiger partial charge in [0.25, 0.3) is 5.91 Å². The van der Waals surface area contributed by atoms with E-state index in [0.29, 0.717) is 56.9 Å². The van der Waals surface area contributed by atoms with Crippen LogP contribution in [0, 0.1) is 5.92 Å². The molecule has 2 atom stereocenters. The van der Waals surface area contributed by atoms with Crippen LogP contribution in [-0.4, -0.2) is 61.6 Å². The van der Waals surface area contributed by atoms with Crippen molar-refractivity contribution in [2.75, 3.05) is 33.0 Å². The van der Waals surface area contributed by atoms with Gasteiger partial charge in [-0.25, -0.2) is 0 Å². The van der Waals surface area contributed by atoms with Gasteiger partial charge in [-0.05, 0) is 74.4 Å². The summed E-state index contributed by atoms with van der Waals surface area (Å²) in [6.07, 6.45) is -2.80. The van der Waals surface area contributed by atoms with Crippen molar-refractivity contribution in [1.29, 1.82) is 0 Å². The number of aliphatic hydroxyl groups is 1. The molecule has 2 aromatic rings. The zero-order valence-corrected chi connectivity index (χ0v) is 22.7. The number of rotatable bonds is 8. The van der Waals surface area contributed by atoms with Gasteiger partial charge in [0, 0.05) is 25.3 Å². The third-order valence-electron chi connectivity index (χ3n) is 8.37. The molecule has 5 rings (SSSR count). The van der Waals surface area contributed by atoms with E-state index < -0.39 is 41.2 Å². The molecule has 0 unspecified atom stereocenters. The molecule has 0 radical (unpaired) electrons. The van der Waals surface area contributed by atoms with Crippen LogP contribution in [0.2, 0.25) is 0 Å². The van der Waals surface area contributed by atoms with E-state index in [-0.39, 0.29) is 24.4 Å². The highest BCUT2D eigenvalue weighted by atomic mass is 19.4. The van der Waals surface area contributed by atoms with Gasteiger partial charge >= 0.3 is 6.18 Å². The Hall–Kier alpha value is -3.35. The van der Waals surface area contributed by atoms with Crippen molar-refractivity contribution in [2.45, 2.75) is 56.0 Å². The van der Waals surface area contributed by atoms with Crippen molar-refractivity contribution in [3.8, 4) is 11.5 Å². The maximum Gasteiger partial charge on any atom is 0.416 e. The average Bonchev–Trinajstić information content (AvgIpc) is 3.59. The molecule has 2 aliphatic heterocycles. The Bertz CT molecular complexity index is 1280. The van der Waals surface area contributed by atoms with Crippen molar-refractivity contribution >= 4 is 11.8 Å². The fourth-order valence-electron chi connectivity index (χ4n) is 6.24. The summed E-state index contributed by atoms with van der Waals surface area (Å²) in [5, 5.41) is 20.4. The molecule has 0 bridgehead atoms. The van der Waals surface area contributed by atoms with E-state index in [2.05, 4.69) is 16.0 Å². The number of halogens is 3. The molecule has 1 aliphatic carbocycles. The SMILES string of the molecule is CCO[C@H]1CNC[C@@]1(NC(=O)CNC(=O)c1cccc(C(F)(F)F)c1)C1CCC(O)(c2ccc3c(c2)OCO3)CC1. The molecule has 0 aromatic heterocycles. The standard InChI is InChI=1S/C29H34F3N3O6/c1-2-39-24-14-33-16-28(24,35-25(36)15-34-26(37)18-4-3-5-21(12-18)29(30,31)32)19-8-10-27(38,11-9-19)20-6-7-22-23(13-20)41-17-40-22/h3-7,12-13,19,24,33,38H,2,8-11,14-17H2,1H3,(H,34,37)(H,35,36)/t19?,24-,27?,28+/m0/s1. The van der Waals surface area contributed by atoms with Crippen molar-refractivity contribution in [2.24, 2.45) is 5.92 Å². The zero-order chi connectivity index (χ0) is 29.3. The highest BCUT2D eigenvalue weighted by Crippen LogP contribution is 2.47. The van der Waals surface area contributed by atoms with Crippen LogP contribution in [-0.2, 0) is 21.3 Å². The first kappa shape index (κ1) is 29.2. The van der Waals surface area contributed by atoms with Crippen LogP contribution in [0.25, 0.3) is 0 Å². The van der Waals surface area contributed by atoms with Crippen molar-refractivity contribution in [3.63, 3.8) is 0 Å². The molecule has 3 aliphatic rings. The minimum absolute atomic E-state index is 0.0357. The molecule has 222 valence electrons. The second-order valence-corrected chi connectivity index (χ2v) is 10.8. The lowest BCUT2D eigenvalue weighted by Crippen LogP contribution is -2.64. The number of fused-ring (bicyclic) bond motifs is 1. The highest BCUT2D eigenvalue weighted by molar-refractivity contribution is 5.96. The molecular formula is C29H34F3N3O6. The molecule has 9 nitrogen and oxygen atoms in total. The predicted molar refractivity (Wildman–Crippen MR) is 141 cm³/mol. The molecule has 2 heterocycles. The summed E-state index contributed by atoms with van der Waals surface area (Å²) in [7, 11) is 0. The van der Waals surface area contributed by atoms with Crippen LogP contribution >= 0.6 is 0 Å². The predicted octanol–water partition coefficient (Wildman–Crippen LogP) is 3.11. The van der Waals surface area contributed by atoms with Gasteiger partial charge in [-0.15, -0.1) is 0 Å². The van der Waals surface area contributed by atoms with E-state index in [4.69, 9.17) is 14.2 Å². The number of alkyl halides is 3. The van der Waals surface area contributed by atoms with Gasteiger partial charge in [0.2, 0.25) is 12.7 Å². The van der Waals surface area contributed by atoms with Crippen LogP contribution in [0.4, 0.5) is 13.2 Å². The Morgan fingerprint density at radius 2 is 1.88 bits per heavy atom. The molecule has 2 aromatic carbocycles. The third-order valence-corrected chi connectivity index (χ3v) is 8.37. The van der Waals surface area contributed by atoms with Gasteiger partial charge in [-0.2, -0.15) is 13.2 Å². The molecule has 1 saturated heterocycles. The third kappa shape index (κ3) is 6.00. The Morgan fingerprint density at radius 1 is 1.12 bits per heavy atom. The van der Waals surface area contributed by atoms with E-state index in [0.717, 1.165) is 23.8 Å². The molecule has 0 spiro atoms. The van der Waals surface area contributed by atoms with Gasteiger partial charge in [0.15, 0.2) is 11.5 Å². The van der Waals surface area contributed by atoms with Crippen molar-refractivity contribution in [1.82, 2.24) is 16.0 Å². The fourth-order valence-corrected chi connectivity index (χ4v) is 6.24. The summed E-state index contributed by atoms with van der Waals surface area (Å²) in [5.74, 6) is -0.0470. The quantitative estimate of drug-likeness (QED) is 0.381. The lowest BCUT2D eigenvalue weighted by atomic mass is 9.67. The first-order chi connectivity index (χ1) is 19.5. The first-order valence-electron chi connectivity index (χ1n) is 13.8. The van der Waals surface area contributed by atoms with Gasteiger partial charge in [0.05, 0.1) is 29.4 Å². The number of benzene rings is 2. The van der Waals surface area contributed by atoms with Crippen LogP contribution < -0.4 is 25.4 Å². The van der Waals surface area contributed by atoms with Gasteiger partial charge in [-0.3, -0.25) is 9.59 Å². The van der Waals surface area contributed by atoms with Crippen molar-refractivity contribution in [3.05, 3.63) is 59.2 Å². The summed E-state index contributed by atoms with van der Waals surface area (Å²) in [5.41, 5.74) is -2.23. The van der Waals surface area contributed by atoms with Crippen LogP contribution in [0.3, 0.4) is 0 Å². The summed E-state index contributed by atoms with van der Waals surface area (Å²) in [6.45, 7) is 3.01. The Labute approximate surface area is 235 Å². The molecule has 2 amide bonds. The lowest BCUT2D eigenvalue weighted by molar-refractivity contribution is -0.137. The summed E-state index contributed by atoms with van der Waals surface area (Å²) in [4.78, 5) is 25.7. The van der Waals surface area contributed by atoms with Gasteiger partial charge in [-0.1, -0.05) is 12.1 Å². The van der Waals surface area contributed by atoms with E-state index in [1.165, 1.54) is 6.07 Å². The lowest BCUT2D eigenvalue weighted by Gasteiger charge is -2.47. The number of ether oxygens (including phenoxy) is 3. The van der Waals surface area contributed by atoms with E-state index in [1.54, 1.807) is 6.07 Å². The summed E-state index contributed by atoms with van der Waals surface area (Å²) >= 11 is 0. The number of hydrogen-bond donors (Lipinski definition) is 4. The maximum absolute atomic E-state index is 13.2. The average molecular weight is 578 g/mol. The summed E-state index contributed by atoms with van der Waals surface area (Å²) in [6, 6.07) is 9.50. The number of hydrogen-bond acceptors (Lipinski definition) is 7. The van der Waals surface area contributed by atoms with Crippen LogP contribution in [0.15, 0.2) is 42.5 Å². The van der Waals surface area contributed by atoms with E-state index in [9.17, 15) is 27.9 Å². The molecule has 1 saturated carbocycles. The Kier molecular flexibility index (Phi) is 8.18. The highest BCUT2D eigenvalue weighted by Gasteiger charge is 2.52. The normalized spacial score (nSPS) is 27.4. The van der Waals surface area contributed by atoms with Crippen molar-refractivity contribution < 1.29 is 42.1 Å². The monoisotopic (exact) mass is 577 g/mol. The zero-order valence-electron chi connectivity index (χ0n) is 22.7. The number of amides is 2. The largest absolute Gasteiger partial charge is 0.454 e. The van der Waals surface area contributed by atoms with Gasteiger partial charge in [0.1, 0.15) is 0 Å². The number of nitrogens with one attached hydrogen (secondary N) is 3. The Balaban J connectivity index is 1.26. The Morgan fingerprint density at radius 3 is 2.61 bits per heavy atom. The van der Waals surface area contributed by atoms with Gasteiger partial charge < -0.3 is 35.3 Å². The molecular weight excluding hydrogens is 543 g/mol. The fraction of sp³-hybridized carbons (Fsp3) is 0.517. The van der Waals surface area contributed by atoms with Crippen LogP contribution in [0.5, 0.6) is 11.5 Å².